The van der Waals surface area contributed by atoms with Crippen molar-refractivity contribution in [2.45, 2.75) is 25.9 Å². The van der Waals surface area contributed by atoms with Crippen LogP contribution in [0.25, 0.3) is 0 Å². The Morgan fingerprint density at radius 3 is 2.47 bits per heavy atom. The van der Waals surface area contributed by atoms with Crippen LogP contribution in [0.5, 0.6) is 0 Å². The van der Waals surface area contributed by atoms with Crippen LogP contribution in [0, 0.1) is 0 Å². The van der Waals surface area contributed by atoms with E-state index in [1.807, 2.05) is 0 Å². The SMILES string of the molecule is CCCC(=O)C(F)C(=O)c1ccc(Cl)c(Cl)c1. The number of Topliss-reactive ketones (excluding diaryl/α,β-unsaturated/α-hetero) is 2. The molecule has 0 aliphatic carbocycles. The molecule has 0 heterocycles. The monoisotopic (exact) mass is 276 g/mol. The van der Waals surface area contributed by atoms with Crippen molar-refractivity contribution in [3.8, 4) is 0 Å². The van der Waals surface area contributed by atoms with E-state index in [1.54, 1.807) is 6.92 Å². The lowest BCUT2D eigenvalue weighted by Gasteiger charge is -2.06. The molecule has 0 amide bonds. The van der Waals surface area contributed by atoms with Gasteiger partial charge in [0, 0.05) is 12.0 Å². The number of halogens is 3. The molecule has 0 aromatic heterocycles. The highest BCUT2D eigenvalue weighted by Crippen LogP contribution is 2.23. The molecular formula is C12H11Cl2FO2. The molecule has 0 aliphatic heterocycles. The van der Waals surface area contributed by atoms with Gasteiger partial charge in [0.2, 0.25) is 12.0 Å². The maximum absolute atomic E-state index is 13.5. The van der Waals surface area contributed by atoms with Crippen molar-refractivity contribution in [1.82, 2.24) is 0 Å². The number of hydrogen-bond donors (Lipinski definition) is 0. The highest BCUT2D eigenvalue weighted by Gasteiger charge is 2.26. The van der Waals surface area contributed by atoms with Gasteiger partial charge in [0.05, 0.1) is 10.0 Å². The predicted octanol–water partition coefficient (Wildman–Crippen LogP) is 3.88. The Morgan fingerprint density at radius 1 is 1.29 bits per heavy atom. The largest absolute Gasteiger partial charge is 0.296 e. The lowest BCUT2D eigenvalue weighted by molar-refractivity contribution is -0.122. The topological polar surface area (TPSA) is 34.1 Å². The van der Waals surface area contributed by atoms with Crippen LogP contribution in [0.1, 0.15) is 30.1 Å². The van der Waals surface area contributed by atoms with Crippen LogP contribution in [-0.2, 0) is 4.79 Å². The summed E-state index contributed by atoms with van der Waals surface area (Å²) in [5, 5.41) is 0.436. The summed E-state index contributed by atoms with van der Waals surface area (Å²) in [6.45, 7) is 1.74. The molecule has 0 saturated heterocycles. The summed E-state index contributed by atoms with van der Waals surface area (Å²) >= 11 is 11.4. The fourth-order valence-electron chi connectivity index (χ4n) is 1.32. The van der Waals surface area contributed by atoms with Crippen LogP contribution in [0.2, 0.25) is 10.0 Å². The second-order valence-electron chi connectivity index (χ2n) is 3.57. The van der Waals surface area contributed by atoms with Crippen molar-refractivity contribution in [2.75, 3.05) is 0 Å². The summed E-state index contributed by atoms with van der Waals surface area (Å²) in [5.41, 5.74) is 0.0522. The Kier molecular flexibility index (Phi) is 5.09. The van der Waals surface area contributed by atoms with E-state index in [0.29, 0.717) is 6.42 Å². The van der Waals surface area contributed by atoms with Crippen molar-refractivity contribution in [3.63, 3.8) is 0 Å². The minimum atomic E-state index is -2.12. The lowest BCUT2D eigenvalue weighted by atomic mass is 10.0. The summed E-state index contributed by atoms with van der Waals surface area (Å²) < 4.78 is 13.5. The van der Waals surface area contributed by atoms with Crippen LogP contribution in [0.3, 0.4) is 0 Å². The third-order valence-corrected chi connectivity index (χ3v) is 2.95. The van der Waals surface area contributed by atoms with E-state index in [0.717, 1.165) is 0 Å². The number of rotatable bonds is 5. The molecule has 1 rings (SSSR count). The first-order valence-corrected chi connectivity index (χ1v) is 5.89. The Hall–Kier alpha value is -0.930. The molecule has 2 nitrogen and oxygen atoms in total. The normalized spacial score (nSPS) is 12.2. The van der Waals surface area contributed by atoms with Crippen LogP contribution in [-0.4, -0.2) is 17.7 Å². The molecule has 17 heavy (non-hydrogen) atoms. The van der Waals surface area contributed by atoms with Gasteiger partial charge in [0.15, 0.2) is 5.78 Å². The zero-order chi connectivity index (χ0) is 13.0. The maximum atomic E-state index is 13.5. The van der Waals surface area contributed by atoms with Gasteiger partial charge in [-0.05, 0) is 24.6 Å². The molecule has 5 heteroatoms. The Balaban J connectivity index is 2.89. The van der Waals surface area contributed by atoms with Crippen molar-refractivity contribution >= 4 is 34.8 Å². The molecule has 0 fully saturated rings. The van der Waals surface area contributed by atoms with E-state index in [4.69, 9.17) is 23.2 Å². The lowest BCUT2D eigenvalue weighted by Crippen LogP contribution is -2.25. The van der Waals surface area contributed by atoms with E-state index in [1.165, 1.54) is 18.2 Å². The summed E-state index contributed by atoms with van der Waals surface area (Å²) in [7, 11) is 0. The van der Waals surface area contributed by atoms with E-state index in [-0.39, 0.29) is 22.0 Å². The van der Waals surface area contributed by atoms with Gasteiger partial charge in [-0.25, -0.2) is 4.39 Å². The zero-order valence-corrected chi connectivity index (χ0v) is 10.7. The van der Waals surface area contributed by atoms with E-state index in [9.17, 15) is 14.0 Å². The van der Waals surface area contributed by atoms with Gasteiger partial charge >= 0.3 is 0 Å². The van der Waals surface area contributed by atoms with E-state index >= 15 is 0 Å². The first kappa shape index (κ1) is 14.1. The molecule has 1 unspecified atom stereocenters. The summed E-state index contributed by atoms with van der Waals surface area (Å²) in [4.78, 5) is 22.9. The maximum Gasteiger partial charge on any atom is 0.220 e. The second kappa shape index (κ2) is 6.12. The van der Waals surface area contributed by atoms with Crippen molar-refractivity contribution in [2.24, 2.45) is 0 Å². The smallest absolute Gasteiger partial charge is 0.220 e. The number of carbonyl (C=O) groups excluding carboxylic acids is 2. The molecule has 1 atom stereocenters. The minimum Gasteiger partial charge on any atom is -0.296 e. The van der Waals surface area contributed by atoms with Crippen LogP contribution in [0.15, 0.2) is 18.2 Å². The fraction of sp³-hybridized carbons (Fsp3) is 0.333. The van der Waals surface area contributed by atoms with Crippen molar-refractivity contribution < 1.29 is 14.0 Å². The predicted molar refractivity (Wildman–Crippen MR) is 65.6 cm³/mol. The van der Waals surface area contributed by atoms with Crippen LogP contribution < -0.4 is 0 Å². The molecule has 0 spiro atoms. The van der Waals surface area contributed by atoms with Gasteiger partial charge in [0.1, 0.15) is 0 Å². The molecular weight excluding hydrogens is 266 g/mol. The highest BCUT2D eigenvalue weighted by atomic mass is 35.5. The number of alkyl halides is 1. The Labute approximate surface area is 109 Å². The summed E-state index contributed by atoms with van der Waals surface area (Å²) in [5.74, 6) is -1.58. The molecule has 1 aromatic carbocycles. The average molecular weight is 277 g/mol. The molecule has 0 bridgehead atoms. The van der Waals surface area contributed by atoms with Crippen molar-refractivity contribution in [1.29, 1.82) is 0 Å². The van der Waals surface area contributed by atoms with E-state index in [2.05, 4.69) is 0 Å². The zero-order valence-electron chi connectivity index (χ0n) is 9.17. The Bertz CT molecular complexity index is 446. The minimum absolute atomic E-state index is 0.0498. The van der Waals surface area contributed by atoms with Gasteiger partial charge in [-0.2, -0.15) is 0 Å². The highest BCUT2D eigenvalue weighted by molar-refractivity contribution is 6.42. The number of carbonyl (C=O) groups is 2. The number of hydrogen-bond acceptors (Lipinski definition) is 2. The summed E-state index contributed by atoms with van der Waals surface area (Å²) in [6, 6.07) is 4.01. The number of benzene rings is 1. The van der Waals surface area contributed by atoms with Crippen LogP contribution in [0.4, 0.5) is 4.39 Å². The second-order valence-corrected chi connectivity index (χ2v) is 4.39. The van der Waals surface area contributed by atoms with Gasteiger partial charge in [-0.3, -0.25) is 9.59 Å². The standard InChI is InChI=1S/C12H11Cl2FO2/c1-2-3-10(16)11(15)12(17)7-4-5-8(13)9(14)6-7/h4-6,11H,2-3H2,1H3. The number of ketones is 2. The first-order valence-electron chi connectivity index (χ1n) is 5.13. The molecule has 1 aromatic rings. The molecule has 0 N–H and O–H groups in total. The fourth-order valence-corrected chi connectivity index (χ4v) is 1.61. The Morgan fingerprint density at radius 2 is 1.94 bits per heavy atom. The first-order chi connectivity index (χ1) is 7.97. The van der Waals surface area contributed by atoms with E-state index < -0.39 is 17.7 Å². The van der Waals surface area contributed by atoms with Gasteiger partial charge in [0.25, 0.3) is 0 Å². The molecule has 0 aliphatic rings. The van der Waals surface area contributed by atoms with Gasteiger partial charge in [-0.15, -0.1) is 0 Å². The summed E-state index contributed by atoms with van der Waals surface area (Å²) in [6.07, 6.45) is -1.56. The van der Waals surface area contributed by atoms with Crippen LogP contribution >= 0.6 is 23.2 Å². The molecule has 0 saturated carbocycles. The third-order valence-electron chi connectivity index (χ3n) is 2.21. The van der Waals surface area contributed by atoms with Gasteiger partial charge < -0.3 is 0 Å². The van der Waals surface area contributed by atoms with Gasteiger partial charge in [-0.1, -0.05) is 30.1 Å². The molecule has 0 radical (unpaired) electrons. The molecule has 92 valence electrons. The van der Waals surface area contributed by atoms with Crippen molar-refractivity contribution in [3.05, 3.63) is 33.8 Å². The third kappa shape index (κ3) is 3.51. The average Bonchev–Trinajstić information content (AvgIpc) is 2.31. The quantitative estimate of drug-likeness (QED) is 0.604.